The number of fused-ring (bicyclic) bond motifs is 1. The molecule has 5 nitrogen and oxygen atoms in total. The molecule has 0 radical (unpaired) electrons. The second-order valence-electron chi connectivity index (χ2n) is 6.02. The van der Waals surface area contributed by atoms with E-state index in [4.69, 9.17) is 0 Å². The van der Waals surface area contributed by atoms with Crippen LogP contribution in [0.1, 0.15) is 29.3 Å². The van der Waals surface area contributed by atoms with E-state index < -0.39 is 18.0 Å². The SMILES string of the molecule is CCC(=O)N1CCc2cc(C(=O)Nc3cccc(OC(F)(F)F)c3)ccc21. The number of anilines is 2. The summed E-state index contributed by atoms with van der Waals surface area (Å²) in [4.78, 5) is 26.0. The Labute approximate surface area is 153 Å². The van der Waals surface area contributed by atoms with Crippen molar-refractivity contribution in [1.29, 1.82) is 0 Å². The van der Waals surface area contributed by atoms with Gasteiger partial charge in [0.15, 0.2) is 0 Å². The maximum atomic E-state index is 12.4. The second kappa shape index (κ2) is 7.30. The second-order valence-corrected chi connectivity index (χ2v) is 6.02. The molecule has 0 aromatic heterocycles. The molecule has 8 heteroatoms. The predicted molar refractivity (Wildman–Crippen MR) is 93.9 cm³/mol. The Bertz CT molecular complexity index is 881. The minimum Gasteiger partial charge on any atom is -0.406 e. The molecule has 0 atom stereocenters. The van der Waals surface area contributed by atoms with E-state index in [1.54, 1.807) is 30.0 Å². The fourth-order valence-corrected chi connectivity index (χ4v) is 2.97. The van der Waals surface area contributed by atoms with Gasteiger partial charge < -0.3 is 15.0 Å². The Hall–Kier alpha value is -3.03. The zero-order chi connectivity index (χ0) is 19.6. The van der Waals surface area contributed by atoms with Crippen molar-refractivity contribution in [2.75, 3.05) is 16.8 Å². The van der Waals surface area contributed by atoms with Crippen LogP contribution in [0.15, 0.2) is 42.5 Å². The van der Waals surface area contributed by atoms with Gasteiger partial charge in [0.05, 0.1) is 0 Å². The van der Waals surface area contributed by atoms with Gasteiger partial charge in [-0.3, -0.25) is 9.59 Å². The van der Waals surface area contributed by atoms with E-state index in [-0.39, 0.29) is 11.6 Å². The number of carbonyl (C=O) groups is 2. The van der Waals surface area contributed by atoms with Gasteiger partial charge in [-0.05, 0) is 42.3 Å². The van der Waals surface area contributed by atoms with E-state index in [9.17, 15) is 22.8 Å². The zero-order valence-corrected chi connectivity index (χ0v) is 14.5. The van der Waals surface area contributed by atoms with Crippen LogP contribution in [0.5, 0.6) is 5.75 Å². The topological polar surface area (TPSA) is 58.6 Å². The van der Waals surface area contributed by atoms with Gasteiger partial charge in [-0.2, -0.15) is 0 Å². The third kappa shape index (κ3) is 4.39. The van der Waals surface area contributed by atoms with Gasteiger partial charge in [0.2, 0.25) is 5.91 Å². The summed E-state index contributed by atoms with van der Waals surface area (Å²) in [6.45, 7) is 2.36. The summed E-state index contributed by atoms with van der Waals surface area (Å²) in [6, 6.07) is 10.1. The van der Waals surface area contributed by atoms with Crippen LogP contribution in [0.4, 0.5) is 24.5 Å². The maximum absolute atomic E-state index is 12.4. The molecule has 0 spiro atoms. The van der Waals surface area contributed by atoms with Crippen LogP contribution < -0.4 is 15.0 Å². The quantitative estimate of drug-likeness (QED) is 0.870. The predicted octanol–water partition coefficient (Wildman–Crippen LogP) is 4.14. The van der Waals surface area contributed by atoms with Gasteiger partial charge in [-0.1, -0.05) is 13.0 Å². The molecule has 0 fully saturated rings. The Morgan fingerprint density at radius 3 is 2.67 bits per heavy atom. The van der Waals surface area contributed by atoms with Crippen molar-refractivity contribution in [2.45, 2.75) is 26.1 Å². The van der Waals surface area contributed by atoms with E-state index >= 15 is 0 Å². The first-order chi connectivity index (χ1) is 12.8. The van der Waals surface area contributed by atoms with Gasteiger partial charge in [-0.15, -0.1) is 13.2 Å². The van der Waals surface area contributed by atoms with Gasteiger partial charge in [0.25, 0.3) is 5.91 Å². The van der Waals surface area contributed by atoms with Crippen molar-refractivity contribution >= 4 is 23.2 Å². The molecule has 2 aromatic carbocycles. The summed E-state index contributed by atoms with van der Waals surface area (Å²) < 4.78 is 40.8. The number of benzene rings is 2. The van der Waals surface area contributed by atoms with Crippen molar-refractivity contribution in [1.82, 2.24) is 0 Å². The van der Waals surface area contributed by atoms with E-state index in [1.807, 2.05) is 0 Å². The lowest BCUT2D eigenvalue weighted by Crippen LogP contribution is -2.27. The molecule has 1 heterocycles. The highest BCUT2D eigenvalue weighted by atomic mass is 19.4. The Morgan fingerprint density at radius 1 is 1.19 bits per heavy atom. The molecule has 1 aliphatic rings. The fraction of sp³-hybridized carbons (Fsp3) is 0.263. The van der Waals surface area contributed by atoms with Gasteiger partial charge in [0, 0.05) is 36.0 Å². The number of rotatable bonds is 4. The molecule has 3 rings (SSSR count). The molecular weight excluding hydrogens is 361 g/mol. The van der Waals surface area contributed by atoms with Crippen molar-refractivity contribution < 1.29 is 27.5 Å². The molecule has 2 amide bonds. The molecule has 0 bridgehead atoms. The zero-order valence-electron chi connectivity index (χ0n) is 14.5. The van der Waals surface area contributed by atoms with E-state index in [0.29, 0.717) is 24.9 Å². The minimum absolute atomic E-state index is 0.0208. The largest absolute Gasteiger partial charge is 0.573 e. The summed E-state index contributed by atoms with van der Waals surface area (Å²) >= 11 is 0. The van der Waals surface area contributed by atoms with Gasteiger partial charge >= 0.3 is 6.36 Å². The molecule has 0 saturated heterocycles. The highest BCUT2D eigenvalue weighted by Crippen LogP contribution is 2.30. The average molecular weight is 378 g/mol. The Morgan fingerprint density at radius 2 is 1.96 bits per heavy atom. The maximum Gasteiger partial charge on any atom is 0.573 e. The molecule has 2 aromatic rings. The number of halogens is 3. The van der Waals surface area contributed by atoms with Crippen LogP contribution in [0.2, 0.25) is 0 Å². The minimum atomic E-state index is -4.80. The molecule has 1 aliphatic heterocycles. The monoisotopic (exact) mass is 378 g/mol. The normalized spacial score (nSPS) is 13.3. The Kier molecular flexibility index (Phi) is 5.07. The number of hydrogen-bond acceptors (Lipinski definition) is 3. The lowest BCUT2D eigenvalue weighted by atomic mass is 10.1. The molecule has 27 heavy (non-hydrogen) atoms. The first-order valence-corrected chi connectivity index (χ1v) is 8.37. The molecular formula is C19H17F3N2O3. The summed E-state index contributed by atoms with van der Waals surface area (Å²) in [7, 11) is 0. The van der Waals surface area contributed by atoms with Gasteiger partial charge in [0.1, 0.15) is 5.75 Å². The van der Waals surface area contributed by atoms with Crippen molar-refractivity contribution in [3.63, 3.8) is 0 Å². The third-order valence-corrected chi connectivity index (χ3v) is 4.17. The Balaban J connectivity index is 1.74. The third-order valence-electron chi connectivity index (χ3n) is 4.17. The molecule has 0 aliphatic carbocycles. The van der Waals surface area contributed by atoms with Crippen LogP contribution in [-0.2, 0) is 11.2 Å². The standard InChI is InChI=1S/C19H17F3N2O3/c1-2-17(25)24-9-8-12-10-13(6-7-16(12)24)18(26)23-14-4-3-5-15(11-14)27-19(20,21)22/h3-7,10-11H,2,8-9H2,1H3,(H,23,26). The number of amides is 2. The first kappa shape index (κ1) is 18.8. The molecule has 1 N–H and O–H groups in total. The van der Waals surface area contributed by atoms with Crippen molar-refractivity contribution in [2.24, 2.45) is 0 Å². The number of alkyl halides is 3. The number of nitrogens with one attached hydrogen (secondary N) is 1. The molecule has 142 valence electrons. The lowest BCUT2D eigenvalue weighted by molar-refractivity contribution is -0.274. The summed E-state index contributed by atoms with van der Waals surface area (Å²) in [6.07, 6.45) is -3.75. The number of carbonyl (C=O) groups excluding carboxylic acids is 2. The smallest absolute Gasteiger partial charge is 0.406 e. The number of ether oxygens (including phenoxy) is 1. The highest BCUT2D eigenvalue weighted by molar-refractivity contribution is 6.05. The van der Waals surface area contributed by atoms with Crippen molar-refractivity contribution in [3.05, 3.63) is 53.6 Å². The van der Waals surface area contributed by atoms with Crippen LogP contribution in [-0.4, -0.2) is 24.7 Å². The van der Waals surface area contributed by atoms with Crippen LogP contribution in [0.25, 0.3) is 0 Å². The van der Waals surface area contributed by atoms with Crippen molar-refractivity contribution in [3.8, 4) is 5.75 Å². The van der Waals surface area contributed by atoms with E-state index in [2.05, 4.69) is 10.1 Å². The van der Waals surface area contributed by atoms with Gasteiger partial charge in [-0.25, -0.2) is 0 Å². The molecule has 0 unspecified atom stereocenters. The number of hydrogen-bond donors (Lipinski definition) is 1. The molecule has 0 saturated carbocycles. The van der Waals surface area contributed by atoms with Crippen LogP contribution in [0.3, 0.4) is 0 Å². The lowest BCUT2D eigenvalue weighted by Gasteiger charge is -2.16. The highest BCUT2D eigenvalue weighted by Gasteiger charge is 2.31. The summed E-state index contributed by atoms with van der Waals surface area (Å²) in [5.74, 6) is -0.849. The summed E-state index contributed by atoms with van der Waals surface area (Å²) in [5.41, 5.74) is 2.23. The first-order valence-electron chi connectivity index (χ1n) is 8.37. The van der Waals surface area contributed by atoms with Crippen LogP contribution >= 0.6 is 0 Å². The van der Waals surface area contributed by atoms with E-state index in [0.717, 1.165) is 23.4 Å². The summed E-state index contributed by atoms with van der Waals surface area (Å²) in [5, 5.41) is 2.55. The van der Waals surface area contributed by atoms with Crippen LogP contribution in [0, 0.1) is 0 Å². The average Bonchev–Trinajstić information content (AvgIpc) is 3.03. The van der Waals surface area contributed by atoms with E-state index in [1.165, 1.54) is 12.1 Å². The number of nitrogens with zero attached hydrogens (tertiary/aromatic N) is 1. The fourth-order valence-electron chi connectivity index (χ4n) is 2.97.